The van der Waals surface area contributed by atoms with Gasteiger partial charge < -0.3 is 57.8 Å². The molecule has 0 radical (unpaired) electrons. The van der Waals surface area contributed by atoms with E-state index in [0.717, 1.165) is 0 Å². The van der Waals surface area contributed by atoms with Crippen LogP contribution < -0.4 is 5.73 Å². The summed E-state index contributed by atoms with van der Waals surface area (Å²) in [5, 5.41) is 22.9. The molecule has 4 rings (SSSR count). The van der Waals surface area contributed by atoms with Gasteiger partial charge in [0, 0.05) is 71.1 Å². The first kappa shape index (κ1) is 53.4. The number of cyclic esters (lactones) is 1. The lowest BCUT2D eigenvalue weighted by Crippen LogP contribution is -2.39. The molecule has 4 N–H and O–H groups in total. The van der Waals surface area contributed by atoms with E-state index in [1.165, 1.54) is 30.8 Å². The number of carbonyl (C=O) groups is 4. The number of hydrogen-bond donors (Lipinski definition) is 3. The van der Waals surface area contributed by atoms with Crippen molar-refractivity contribution in [1.82, 2.24) is 19.9 Å². The lowest BCUT2D eigenvalue weighted by molar-refractivity contribution is -0.159. The lowest BCUT2D eigenvalue weighted by atomic mass is 9.84. The van der Waals surface area contributed by atoms with Crippen LogP contribution in [0.4, 0.5) is 4.79 Å². The first-order valence-corrected chi connectivity index (χ1v) is 22.4. The summed E-state index contributed by atoms with van der Waals surface area (Å²) in [6.07, 6.45) is 6.09. The van der Waals surface area contributed by atoms with E-state index >= 15 is 0 Å². The number of oxazole rings is 3. The number of ketones is 1. The molecule has 1 aliphatic heterocycles. The topological polar surface area (TPSA) is 262 Å². The summed E-state index contributed by atoms with van der Waals surface area (Å²) >= 11 is 0. The molecule has 366 valence electrons. The van der Waals surface area contributed by atoms with Gasteiger partial charge in [0.2, 0.25) is 24.1 Å². The van der Waals surface area contributed by atoms with Crippen molar-refractivity contribution in [3.63, 3.8) is 0 Å². The summed E-state index contributed by atoms with van der Waals surface area (Å²) in [4.78, 5) is 65.4. The molecule has 0 spiro atoms. The number of ether oxygens (including phenoxy) is 5. The van der Waals surface area contributed by atoms with Crippen molar-refractivity contribution in [3.8, 4) is 23.2 Å². The van der Waals surface area contributed by atoms with Gasteiger partial charge in [-0.2, -0.15) is 0 Å². The Labute approximate surface area is 386 Å². The maximum atomic E-state index is 13.8. The number of Topliss-reactive ketones (excluding diaryl/α,β-unsaturated/α-hetero) is 1. The lowest BCUT2D eigenvalue weighted by Gasteiger charge is -2.33. The number of nitrogens with two attached hydrogens (primary N) is 1. The molecule has 13 atom stereocenters. The Bertz CT molecular complexity index is 2050. The van der Waals surface area contributed by atoms with Gasteiger partial charge in [-0.3, -0.25) is 14.4 Å². The average Bonchev–Trinajstić information content (AvgIpc) is 4.08. The Balaban J connectivity index is 1.58. The van der Waals surface area contributed by atoms with Crippen molar-refractivity contribution in [2.75, 3.05) is 28.4 Å². The van der Waals surface area contributed by atoms with Crippen molar-refractivity contribution < 1.29 is 66.3 Å². The molecule has 6 bridgehead atoms. The van der Waals surface area contributed by atoms with Crippen LogP contribution in [0.1, 0.15) is 104 Å². The number of fused-ring (bicyclic) bond motifs is 8. The molecule has 66 heavy (non-hydrogen) atoms. The van der Waals surface area contributed by atoms with Crippen LogP contribution in [0.5, 0.6) is 0 Å². The molecule has 2 amide bonds. The zero-order chi connectivity index (χ0) is 48.7. The Hall–Kier alpha value is -5.21. The Morgan fingerprint density at radius 1 is 0.939 bits per heavy atom. The van der Waals surface area contributed by atoms with E-state index in [1.807, 2.05) is 40.7 Å². The second-order valence-electron chi connectivity index (χ2n) is 17.7. The number of esters is 1. The number of aliphatic hydroxyl groups is 2. The number of rotatable bonds is 16. The molecule has 19 heteroatoms. The van der Waals surface area contributed by atoms with Gasteiger partial charge >= 0.3 is 12.1 Å². The third-order valence-corrected chi connectivity index (χ3v) is 12.5. The molecular formula is C47H69N5O14. The van der Waals surface area contributed by atoms with Gasteiger partial charge in [0.1, 0.15) is 48.6 Å². The van der Waals surface area contributed by atoms with Gasteiger partial charge in [0.15, 0.2) is 11.4 Å². The second kappa shape index (κ2) is 25.6. The van der Waals surface area contributed by atoms with Crippen molar-refractivity contribution in [1.29, 1.82) is 0 Å². The van der Waals surface area contributed by atoms with Crippen LogP contribution in [0.25, 0.3) is 29.2 Å². The first-order valence-electron chi connectivity index (χ1n) is 22.4. The summed E-state index contributed by atoms with van der Waals surface area (Å²) < 4.78 is 46.0. The smallest absolute Gasteiger partial charge is 0.404 e. The Kier molecular flexibility index (Phi) is 20.7. The van der Waals surface area contributed by atoms with Crippen molar-refractivity contribution in [3.05, 3.63) is 48.7 Å². The summed E-state index contributed by atoms with van der Waals surface area (Å²) in [5.41, 5.74) is 6.48. The van der Waals surface area contributed by atoms with Crippen molar-refractivity contribution in [2.45, 2.75) is 129 Å². The summed E-state index contributed by atoms with van der Waals surface area (Å²) in [7, 11) is 6.22. The van der Waals surface area contributed by atoms with E-state index in [-0.39, 0.29) is 79.7 Å². The molecule has 3 aromatic rings. The molecule has 0 saturated carbocycles. The summed E-state index contributed by atoms with van der Waals surface area (Å²) in [5.74, 6) is -2.37. The predicted molar refractivity (Wildman–Crippen MR) is 240 cm³/mol. The fraction of sp³-hybridized carbons (Fsp3) is 0.638. The molecule has 0 aliphatic carbocycles. The summed E-state index contributed by atoms with van der Waals surface area (Å²) in [6, 6.07) is 0. The number of hydrogen-bond acceptors (Lipinski definition) is 17. The maximum Gasteiger partial charge on any atom is 0.404 e. The highest BCUT2D eigenvalue weighted by Crippen LogP contribution is 2.34. The number of primary amides is 1. The maximum absolute atomic E-state index is 13.8. The minimum absolute atomic E-state index is 0.00289. The van der Waals surface area contributed by atoms with Gasteiger partial charge in [0.05, 0.1) is 30.8 Å². The van der Waals surface area contributed by atoms with Gasteiger partial charge in [-0.15, -0.1) is 0 Å². The molecule has 0 aromatic carbocycles. The zero-order valence-corrected chi connectivity index (χ0v) is 39.7. The minimum atomic E-state index is -1.07. The van der Waals surface area contributed by atoms with E-state index in [1.54, 1.807) is 46.5 Å². The molecule has 3 aromatic heterocycles. The van der Waals surface area contributed by atoms with Gasteiger partial charge in [-0.1, -0.05) is 53.7 Å². The third kappa shape index (κ3) is 15.2. The van der Waals surface area contributed by atoms with Crippen LogP contribution in [0.2, 0.25) is 0 Å². The van der Waals surface area contributed by atoms with E-state index in [4.69, 9.17) is 42.7 Å². The molecule has 0 saturated heterocycles. The highest BCUT2D eigenvalue weighted by atomic mass is 16.6. The van der Waals surface area contributed by atoms with E-state index in [9.17, 15) is 29.4 Å². The standard InChI is InChI=1S/C47H69N5O14/c1-26-18-32(65-47(48)58)20-42(57)66-40(21-39(59-8)27(2)14-15-37(55)30(5)43(60-9)28(3)16-17-52(7)25-53)29(4)36(54)12-11-13-41-49-34(23-62-41)45-51-35(24-64-45)46-50-33(22-63-46)44(61-10)31(6)38(56)19-26/h11,13,16-17,22-32,36,38-40,43-44,54,56H,12,14-15,18-21H2,1-10H3,(H2,48,58)/b13-11+,17-16+. The number of amides is 2. The quantitative estimate of drug-likeness (QED) is 0.102. The molecule has 19 nitrogen and oxygen atoms in total. The highest BCUT2D eigenvalue weighted by molar-refractivity contribution is 5.81. The van der Waals surface area contributed by atoms with Crippen LogP contribution >= 0.6 is 0 Å². The predicted octanol–water partition coefficient (Wildman–Crippen LogP) is 6.54. The summed E-state index contributed by atoms with van der Waals surface area (Å²) in [6.45, 7) is 11.1. The van der Waals surface area contributed by atoms with Gasteiger partial charge in [0.25, 0.3) is 0 Å². The van der Waals surface area contributed by atoms with E-state index in [0.29, 0.717) is 29.9 Å². The SMILES string of the molecule is COC(CC1OC(=O)CC(OC(N)=O)CC(C)CC(O)C(C)C(OC)c2coc(n2)-c2coc(n2)-c2coc(n2)/C=C/CC(O)C1C)C(C)CCC(=O)C(C)C(OC)C(C)/C=C/N(C)C=O. The minimum Gasteiger partial charge on any atom is -0.462 e. The fourth-order valence-corrected chi connectivity index (χ4v) is 8.39. The third-order valence-electron chi connectivity index (χ3n) is 12.5. The molecule has 13 unspecified atom stereocenters. The monoisotopic (exact) mass is 927 g/mol. The van der Waals surface area contributed by atoms with Crippen LogP contribution in [-0.2, 0) is 38.1 Å². The molecule has 1 aliphatic rings. The molecule has 4 heterocycles. The second-order valence-corrected chi connectivity index (χ2v) is 17.7. The highest BCUT2D eigenvalue weighted by Gasteiger charge is 2.35. The van der Waals surface area contributed by atoms with Crippen molar-refractivity contribution in [2.24, 2.45) is 41.2 Å². The average molecular weight is 928 g/mol. The van der Waals surface area contributed by atoms with Gasteiger partial charge in [-0.25, -0.2) is 19.7 Å². The van der Waals surface area contributed by atoms with E-state index < -0.39 is 72.5 Å². The number of methoxy groups -OCH3 is 3. The van der Waals surface area contributed by atoms with Crippen LogP contribution in [0.15, 0.2) is 50.4 Å². The number of aromatic nitrogens is 3. The van der Waals surface area contributed by atoms with Crippen LogP contribution in [0.3, 0.4) is 0 Å². The molecule has 0 fully saturated rings. The van der Waals surface area contributed by atoms with Crippen LogP contribution in [-0.4, -0.2) is 119 Å². The fourth-order valence-electron chi connectivity index (χ4n) is 8.39. The number of carbonyl (C=O) groups excluding carboxylic acids is 4. The normalized spacial score (nSPS) is 26.5. The Morgan fingerprint density at radius 3 is 2.29 bits per heavy atom. The first-order chi connectivity index (χ1) is 31.4. The van der Waals surface area contributed by atoms with Crippen LogP contribution in [0, 0.1) is 35.5 Å². The largest absolute Gasteiger partial charge is 0.462 e. The molecular weight excluding hydrogens is 859 g/mol. The van der Waals surface area contributed by atoms with Crippen molar-refractivity contribution >= 4 is 30.3 Å². The Morgan fingerprint density at radius 2 is 1.62 bits per heavy atom. The number of aliphatic hydroxyl groups excluding tert-OH is 2. The number of nitrogens with zero attached hydrogens (tertiary/aromatic N) is 4. The van der Waals surface area contributed by atoms with E-state index in [2.05, 4.69) is 15.0 Å². The van der Waals surface area contributed by atoms with Gasteiger partial charge in [-0.05, 0) is 43.6 Å². The zero-order valence-electron chi connectivity index (χ0n) is 39.7.